The van der Waals surface area contributed by atoms with Crippen molar-refractivity contribution in [2.75, 3.05) is 22.9 Å². The number of rotatable bonds is 11. The second-order valence-electron chi connectivity index (χ2n) is 10.3. The quantitative estimate of drug-likeness (QED) is 0.275. The van der Waals surface area contributed by atoms with Gasteiger partial charge < -0.3 is 9.80 Å². The van der Waals surface area contributed by atoms with Crippen molar-refractivity contribution in [3.8, 4) is 0 Å². The SMILES string of the molecule is C=C(C)C[C@H]1CC(C)=CCN1c1ccccc1.C=CCN(c1ccccc1)C(CC(=C)C)CC(=C)C.S. The molecule has 0 unspecified atom stereocenters. The predicted molar refractivity (Wildman–Crippen MR) is 172 cm³/mol. The van der Waals surface area contributed by atoms with Gasteiger partial charge in [-0.3, -0.25) is 0 Å². The Morgan fingerprint density at radius 3 is 1.95 bits per heavy atom. The van der Waals surface area contributed by atoms with Gasteiger partial charge in [0, 0.05) is 36.5 Å². The van der Waals surface area contributed by atoms with Crippen LogP contribution in [0, 0.1) is 0 Å². The van der Waals surface area contributed by atoms with E-state index in [1.807, 2.05) is 12.1 Å². The molecular weight excluding hydrogens is 468 g/mol. The Morgan fingerprint density at radius 1 is 0.919 bits per heavy atom. The zero-order chi connectivity index (χ0) is 26.5. The summed E-state index contributed by atoms with van der Waals surface area (Å²) in [5, 5.41) is 0. The highest BCUT2D eigenvalue weighted by Gasteiger charge is 2.22. The van der Waals surface area contributed by atoms with Crippen LogP contribution in [0.3, 0.4) is 0 Å². The molecule has 2 nitrogen and oxygen atoms in total. The van der Waals surface area contributed by atoms with Crippen LogP contribution >= 0.6 is 13.5 Å². The van der Waals surface area contributed by atoms with E-state index in [-0.39, 0.29) is 13.5 Å². The largest absolute Gasteiger partial charge is 0.364 e. The van der Waals surface area contributed by atoms with Crippen LogP contribution in [0.2, 0.25) is 0 Å². The number of para-hydroxylation sites is 2. The fourth-order valence-corrected chi connectivity index (χ4v) is 4.81. The van der Waals surface area contributed by atoms with Crippen molar-refractivity contribution in [1.82, 2.24) is 0 Å². The first kappa shape index (κ1) is 32.1. The molecule has 0 saturated heterocycles. The van der Waals surface area contributed by atoms with Gasteiger partial charge in [0.2, 0.25) is 0 Å². The van der Waals surface area contributed by atoms with Gasteiger partial charge in [-0.1, -0.05) is 70.8 Å². The van der Waals surface area contributed by atoms with Crippen LogP contribution in [0.1, 0.15) is 53.4 Å². The van der Waals surface area contributed by atoms with E-state index >= 15 is 0 Å². The zero-order valence-electron chi connectivity index (χ0n) is 23.5. The minimum absolute atomic E-state index is 0. The average Bonchev–Trinajstić information content (AvgIpc) is 2.83. The van der Waals surface area contributed by atoms with Crippen LogP contribution in [0.25, 0.3) is 0 Å². The van der Waals surface area contributed by atoms with Crippen molar-refractivity contribution >= 4 is 24.9 Å². The molecule has 0 radical (unpaired) electrons. The monoisotopic (exact) mass is 516 g/mol. The van der Waals surface area contributed by atoms with Crippen molar-refractivity contribution < 1.29 is 0 Å². The van der Waals surface area contributed by atoms with Crippen LogP contribution in [0.15, 0.2) is 121 Å². The van der Waals surface area contributed by atoms with E-state index < -0.39 is 0 Å². The lowest BCUT2D eigenvalue weighted by atomic mass is 9.95. The Kier molecular flexibility index (Phi) is 14.5. The third-order valence-electron chi connectivity index (χ3n) is 6.33. The molecule has 3 rings (SSSR count). The summed E-state index contributed by atoms with van der Waals surface area (Å²) >= 11 is 0. The van der Waals surface area contributed by atoms with Gasteiger partial charge >= 0.3 is 0 Å². The maximum Gasteiger partial charge on any atom is 0.0371 e. The van der Waals surface area contributed by atoms with Gasteiger partial charge in [-0.15, -0.1) is 26.3 Å². The van der Waals surface area contributed by atoms with Crippen LogP contribution in [-0.4, -0.2) is 25.2 Å². The third-order valence-corrected chi connectivity index (χ3v) is 6.33. The van der Waals surface area contributed by atoms with Crippen LogP contribution in [0.5, 0.6) is 0 Å². The fourth-order valence-electron chi connectivity index (χ4n) is 4.81. The maximum absolute atomic E-state index is 4.06. The summed E-state index contributed by atoms with van der Waals surface area (Å²) in [5.41, 5.74) is 7.74. The van der Waals surface area contributed by atoms with E-state index in [1.54, 1.807) is 0 Å². The maximum atomic E-state index is 4.06. The van der Waals surface area contributed by atoms with Gasteiger partial charge in [0.1, 0.15) is 0 Å². The van der Waals surface area contributed by atoms with Gasteiger partial charge in [0.05, 0.1) is 0 Å². The molecular formula is C34H48N2S. The van der Waals surface area contributed by atoms with Gasteiger partial charge in [-0.05, 0) is 77.6 Å². The number of hydrogen-bond donors (Lipinski definition) is 0. The van der Waals surface area contributed by atoms with Crippen molar-refractivity contribution in [1.29, 1.82) is 0 Å². The zero-order valence-corrected chi connectivity index (χ0v) is 24.5. The van der Waals surface area contributed by atoms with E-state index in [0.717, 1.165) is 38.8 Å². The second kappa shape index (κ2) is 16.8. The molecule has 0 N–H and O–H groups in total. The van der Waals surface area contributed by atoms with Crippen LogP contribution in [0.4, 0.5) is 11.4 Å². The lowest BCUT2D eigenvalue weighted by Crippen LogP contribution is -2.38. The molecule has 0 spiro atoms. The molecule has 0 bridgehead atoms. The molecule has 0 aromatic heterocycles. The summed E-state index contributed by atoms with van der Waals surface area (Å²) in [6, 6.07) is 22.1. The third kappa shape index (κ3) is 11.3. The predicted octanol–water partition coefficient (Wildman–Crippen LogP) is 9.27. The normalized spacial score (nSPS) is 14.5. The Balaban J connectivity index is 0.000000362. The molecule has 0 amide bonds. The topological polar surface area (TPSA) is 6.48 Å². The van der Waals surface area contributed by atoms with Crippen LogP contribution in [-0.2, 0) is 0 Å². The van der Waals surface area contributed by atoms with Crippen LogP contribution < -0.4 is 9.80 Å². The van der Waals surface area contributed by atoms with E-state index in [1.165, 1.54) is 33.7 Å². The number of benzene rings is 2. The molecule has 1 heterocycles. The molecule has 2 aromatic rings. The summed E-state index contributed by atoms with van der Waals surface area (Å²) in [5.74, 6) is 0. The first-order chi connectivity index (χ1) is 17.2. The second-order valence-corrected chi connectivity index (χ2v) is 10.3. The molecule has 1 aliphatic rings. The summed E-state index contributed by atoms with van der Waals surface area (Å²) in [7, 11) is 0. The summed E-state index contributed by atoms with van der Waals surface area (Å²) < 4.78 is 0. The first-order valence-corrected chi connectivity index (χ1v) is 13.0. The lowest BCUT2D eigenvalue weighted by molar-refractivity contribution is 0.578. The van der Waals surface area contributed by atoms with E-state index in [9.17, 15) is 0 Å². The molecule has 0 saturated carbocycles. The van der Waals surface area contributed by atoms with E-state index in [2.05, 4.69) is 124 Å². The highest BCUT2D eigenvalue weighted by atomic mass is 32.1. The molecule has 2 aromatic carbocycles. The minimum atomic E-state index is 0. The highest BCUT2D eigenvalue weighted by molar-refractivity contribution is 7.59. The standard InChI is InChI=1S/C18H25N.C16H21N.H2S/c1-6-12-19(17-10-8-7-9-11-17)18(13-15(2)3)14-16(4)5;1-13(2)11-16-12-14(3)9-10-17(16)15-7-5-4-6-8-15;/h6-11,18H,1-2,4,12-14H2,3,5H3;4-9,16H,1,10-12H2,2-3H3;1H2/t;16-;/m.0./s1. The molecule has 200 valence electrons. The Bertz CT molecular complexity index is 1010. The molecule has 3 heteroatoms. The van der Waals surface area contributed by atoms with Gasteiger partial charge in [0.25, 0.3) is 0 Å². The molecule has 0 aliphatic carbocycles. The van der Waals surface area contributed by atoms with E-state index in [4.69, 9.17) is 0 Å². The number of hydrogen-bond acceptors (Lipinski definition) is 2. The first-order valence-electron chi connectivity index (χ1n) is 13.0. The molecule has 37 heavy (non-hydrogen) atoms. The summed E-state index contributed by atoms with van der Waals surface area (Å²) in [6.07, 6.45) is 8.49. The number of anilines is 2. The minimum Gasteiger partial charge on any atom is -0.364 e. The van der Waals surface area contributed by atoms with Crippen molar-refractivity contribution in [2.24, 2.45) is 0 Å². The van der Waals surface area contributed by atoms with Crippen molar-refractivity contribution in [3.63, 3.8) is 0 Å². The summed E-state index contributed by atoms with van der Waals surface area (Å²) in [4.78, 5) is 4.87. The van der Waals surface area contributed by atoms with Gasteiger partial charge in [-0.2, -0.15) is 13.5 Å². The lowest BCUT2D eigenvalue weighted by Gasteiger charge is -2.37. The molecule has 1 atom stereocenters. The Hall–Kier alpha value is -2.91. The van der Waals surface area contributed by atoms with Crippen molar-refractivity contribution in [3.05, 3.63) is 121 Å². The molecule has 0 fully saturated rings. The van der Waals surface area contributed by atoms with Gasteiger partial charge in [-0.25, -0.2) is 0 Å². The average molecular weight is 517 g/mol. The smallest absolute Gasteiger partial charge is 0.0371 e. The number of nitrogens with zero attached hydrogens (tertiary/aromatic N) is 2. The van der Waals surface area contributed by atoms with Crippen molar-refractivity contribution in [2.45, 2.75) is 65.5 Å². The Labute approximate surface area is 234 Å². The van der Waals surface area contributed by atoms with Gasteiger partial charge in [0.15, 0.2) is 0 Å². The fraction of sp³-hybridized carbons (Fsp3) is 0.353. The molecule has 1 aliphatic heterocycles. The Morgan fingerprint density at radius 2 is 1.46 bits per heavy atom. The highest BCUT2D eigenvalue weighted by Crippen LogP contribution is 2.28. The summed E-state index contributed by atoms with van der Waals surface area (Å²) in [6.45, 7) is 26.4. The van der Waals surface area contributed by atoms with E-state index in [0.29, 0.717) is 12.1 Å².